The van der Waals surface area contributed by atoms with Crippen LogP contribution in [0.1, 0.15) is 0 Å². The van der Waals surface area contributed by atoms with Gasteiger partial charge in [-0.1, -0.05) is 0 Å². The predicted molar refractivity (Wildman–Crippen MR) is 155 cm³/mol. The summed E-state index contributed by atoms with van der Waals surface area (Å²) in [6.45, 7) is 0. The molecule has 0 fully saturated rings. The van der Waals surface area contributed by atoms with Gasteiger partial charge in [-0.25, -0.2) is 0 Å². The second-order valence-corrected chi connectivity index (χ2v) is 35.5. The number of alkyl halides is 9. The van der Waals surface area contributed by atoms with Crippen LogP contribution in [0, 0.1) is 0 Å². The molecule has 0 saturated carbocycles. The maximum absolute atomic E-state index is 9.89. The van der Waals surface area contributed by atoms with E-state index in [2.05, 4.69) is 0 Å². The van der Waals surface area contributed by atoms with Gasteiger partial charge in [-0.15, -0.1) is 0 Å². The molecule has 22 heavy (non-hydrogen) atoms. The minimum Gasteiger partial charge on any atom is -0.547 e. The number of carboxylic acids is 3. The van der Waals surface area contributed by atoms with E-state index in [4.69, 9.17) is 0 Å². The molecule has 0 aliphatic heterocycles. The zero-order chi connectivity index (χ0) is 18.2. The minimum absolute atomic E-state index is 0. The van der Waals surface area contributed by atoms with E-state index >= 15 is 0 Å². The second kappa shape index (κ2) is 16.6. The fourth-order valence-corrected chi connectivity index (χ4v) is 0. The van der Waals surface area contributed by atoms with Crippen LogP contribution >= 0.6 is 203 Å². The van der Waals surface area contributed by atoms with E-state index in [1.165, 1.54) is 0 Å². The zero-order valence-electron chi connectivity index (χ0n) is 9.43. The molecule has 0 aliphatic rings. The van der Waals surface area contributed by atoms with Gasteiger partial charge < -0.3 is 29.7 Å². The summed E-state index contributed by atoms with van der Waals surface area (Å²) in [4.78, 5) is 29.7. The van der Waals surface area contributed by atoms with E-state index in [0.717, 1.165) is 0 Å². The number of aliphatic carboxylic acids is 3. The molecule has 0 heterocycles. The van der Waals surface area contributed by atoms with Crippen molar-refractivity contribution in [3.8, 4) is 0 Å². The third kappa shape index (κ3) is 28.1. The van der Waals surface area contributed by atoms with Crippen LogP contribution in [0.2, 0.25) is 0 Å². The van der Waals surface area contributed by atoms with Gasteiger partial charge in [0.15, 0.2) is -1.69 Å². The molecule has 0 aliphatic carbocycles. The summed E-state index contributed by atoms with van der Waals surface area (Å²) in [5.41, 5.74) is 0. The SMILES string of the molecule is O=C([O-])C(I)(I)I.O=C([O-])C(I)(I)I.O=C([O-])C(I)(I)I.[In+3]. The Kier molecular flexibility index (Phi) is 26.7. The van der Waals surface area contributed by atoms with Gasteiger partial charge in [0.25, 0.3) is 0 Å². The summed E-state index contributed by atoms with van der Waals surface area (Å²) in [6, 6.07) is 0. The number of hydrogen-bond donors (Lipinski definition) is 0. The molecule has 0 N–H and O–H groups in total. The molecule has 0 aromatic rings. The van der Waals surface area contributed by atoms with E-state index in [1.807, 2.05) is 0 Å². The van der Waals surface area contributed by atoms with E-state index < -0.39 is 16.2 Å². The molecule has 6 nitrogen and oxygen atoms in total. The molecule has 0 radical (unpaired) electrons. The van der Waals surface area contributed by atoms with Gasteiger partial charge in [-0.05, 0) is 203 Å². The molecule has 0 aromatic carbocycles. The Morgan fingerprint density at radius 2 is 0.545 bits per heavy atom. The van der Waals surface area contributed by atoms with Crippen LogP contribution in [0.3, 0.4) is 0 Å². The molecule has 0 spiro atoms. The first-order valence-corrected chi connectivity index (χ1v) is 13.4. The van der Waals surface area contributed by atoms with Crippen LogP contribution in [0.15, 0.2) is 0 Å². The monoisotopic (exact) mass is 1430 g/mol. The first kappa shape index (κ1) is 35.3. The summed E-state index contributed by atoms with van der Waals surface area (Å²) in [7, 11) is 0. The molecular weight excluding hydrogens is 1430 g/mol. The third-order valence-corrected chi connectivity index (χ3v) is 4.66. The van der Waals surface area contributed by atoms with E-state index in [9.17, 15) is 29.7 Å². The molecule has 0 unspecified atom stereocenters. The largest absolute Gasteiger partial charge is 3.00 e. The minimum atomic E-state index is -1.05. The maximum Gasteiger partial charge on any atom is 3.00 e. The van der Waals surface area contributed by atoms with Crippen LogP contribution in [0.4, 0.5) is 0 Å². The number of rotatable bonds is 3. The van der Waals surface area contributed by atoms with Gasteiger partial charge in [0.1, 0.15) is 0 Å². The summed E-state index contributed by atoms with van der Waals surface area (Å²) < 4.78 is -2.35. The van der Waals surface area contributed by atoms with Gasteiger partial charge in [-0.3, -0.25) is 0 Å². The fourth-order valence-electron chi connectivity index (χ4n) is 0. The Hall–Kier alpha value is 5.85. The summed E-state index contributed by atoms with van der Waals surface area (Å²) in [6.07, 6.45) is 0. The summed E-state index contributed by atoms with van der Waals surface area (Å²) in [5, 5.41) is 29.7. The summed E-state index contributed by atoms with van der Waals surface area (Å²) in [5.74, 6) is -3.14. The Balaban J connectivity index is -0.000000108. The van der Waals surface area contributed by atoms with Crippen molar-refractivity contribution in [3.05, 3.63) is 0 Å². The number of halogens is 9. The van der Waals surface area contributed by atoms with Crippen LogP contribution in [0.25, 0.3) is 0 Å². The van der Waals surface area contributed by atoms with Crippen LogP contribution in [-0.4, -0.2) is 42.1 Å². The van der Waals surface area contributed by atoms with Gasteiger partial charge in [0.2, 0.25) is 0 Å². The standard InChI is InChI=1S/3C2HI3O2.In/c3*3-2(4,5)1(6)7;/h3*(H,6,7);/q;;;+3/p-3. The van der Waals surface area contributed by atoms with E-state index in [1.54, 1.807) is 203 Å². The number of carbonyl (C=O) groups is 3. The Morgan fingerprint density at radius 3 is 0.545 bits per heavy atom. The number of carboxylic acid groups (broad SMARTS) is 3. The Labute approximate surface area is 268 Å². The molecule has 0 rings (SSSR count). The summed E-state index contributed by atoms with van der Waals surface area (Å²) >= 11 is 16.0. The first-order chi connectivity index (χ1) is 8.83. The third-order valence-electron chi connectivity index (χ3n) is 0.694. The molecule has 16 heteroatoms. The van der Waals surface area contributed by atoms with Crippen LogP contribution in [0.5, 0.6) is 0 Å². The van der Waals surface area contributed by atoms with Crippen molar-refractivity contribution in [1.29, 1.82) is 0 Å². The van der Waals surface area contributed by atoms with Gasteiger partial charge >= 0.3 is 25.8 Å². The fraction of sp³-hybridized carbons (Fsp3) is 0.500. The predicted octanol–water partition coefficient (Wildman–Crippen LogP) is 1.70. The average molecular weight is 1430 g/mol. The maximum atomic E-state index is 9.89. The molecule has 126 valence electrons. The van der Waals surface area contributed by atoms with E-state index in [0.29, 0.717) is 0 Å². The van der Waals surface area contributed by atoms with Crippen molar-refractivity contribution in [2.24, 2.45) is 0 Å². The first-order valence-electron chi connectivity index (χ1n) is 3.68. The van der Waals surface area contributed by atoms with Gasteiger partial charge in [-0.2, -0.15) is 0 Å². The smallest absolute Gasteiger partial charge is 0.547 e. The van der Waals surface area contributed by atoms with E-state index in [-0.39, 0.29) is 25.8 Å². The molecular formula is C6I9InO6. The molecule has 0 aromatic heterocycles. The van der Waals surface area contributed by atoms with Crippen LogP contribution in [-0.2, 0) is 14.4 Å². The van der Waals surface area contributed by atoms with Crippen molar-refractivity contribution >= 4 is 247 Å². The Bertz CT molecular complexity index is 313. The molecule has 0 amide bonds. The average Bonchev–Trinajstić information content (AvgIpc) is 2.14. The van der Waals surface area contributed by atoms with Gasteiger partial charge in [0.05, 0.1) is 17.9 Å². The normalized spacial score (nSPS) is 10.8. The second-order valence-electron chi connectivity index (χ2n) is 2.36. The van der Waals surface area contributed by atoms with Crippen molar-refractivity contribution in [2.45, 2.75) is -1.69 Å². The van der Waals surface area contributed by atoms with Crippen molar-refractivity contribution in [2.75, 3.05) is 0 Å². The topological polar surface area (TPSA) is 120 Å². The van der Waals surface area contributed by atoms with Crippen LogP contribution < -0.4 is 15.3 Å². The molecule has 0 saturated heterocycles. The van der Waals surface area contributed by atoms with Crippen molar-refractivity contribution in [1.82, 2.24) is 0 Å². The number of hydrogen-bond acceptors (Lipinski definition) is 6. The van der Waals surface area contributed by atoms with Crippen molar-refractivity contribution < 1.29 is 29.7 Å². The molecule has 0 atom stereocenters. The molecule has 0 bridgehead atoms. The number of carbonyl (C=O) groups excluding carboxylic acids is 3. The zero-order valence-corrected chi connectivity index (χ0v) is 32.1. The quantitative estimate of drug-likeness (QED) is 0.314. The Morgan fingerprint density at radius 1 is 0.500 bits per heavy atom. The van der Waals surface area contributed by atoms with Crippen molar-refractivity contribution in [3.63, 3.8) is 0 Å². The van der Waals surface area contributed by atoms with Gasteiger partial charge in [0, 0.05) is 0 Å².